The number of anilines is 1. The van der Waals surface area contributed by atoms with E-state index >= 15 is 0 Å². The lowest BCUT2D eigenvalue weighted by Gasteiger charge is -2.15. The highest BCUT2D eigenvalue weighted by Gasteiger charge is 2.13. The second-order valence-corrected chi connectivity index (χ2v) is 6.49. The molecule has 0 aliphatic carbocycles. The molecule has 1 unspecified atom stereocenters. The number of carbonyl (C=O) groups is 1. The average Bonchev–Trinajstić information content (AvgIpc) is 2.72. The number of methoxy groups -OCH3 is 1. The number of nitrogens with zero attached hydrogens (tertiary/aromatic N) is 2. The van der Waals surface area contributed by atoms with E-state index in [1.54, 1.807) is 13.2 Å². The van der Waals surface area contributed by atoms with Gasteiger partial charge in [0, 0.05) is 17.8 Å². The molecule has 3 rings (SSSR count). The number of aryl methyl sites for hydroxylation is 1. The third-order valence-electron chi connectivity index (χ3n) is 4.36. The second-order valence-electron chi connectivity index (χ2n) is 6.49. The molecule has 0 aliphatic rings. The lowest BCUT2D eigenvalue weighted by atomic mass is 10.1. The Bertz CT molecular complexity index is 944. The molecule has 1 aromatic heterocycles. The SMILES string of the molecule is COc1ccccc1CNC(=O)c1cc(C)nc(NC(C)c2ccccc2)n1. The molecule has 0 saturated heterocycles. The van der Waals surface area contributed by atoms with E-state index in [1.165, 1.54) is 0 Å². The smallest absolute Gasteiger partial charge is 0.270 e. The summed E-state index contributed by atoms with van der Waals surface area (Å²) in [5.74, 6) is 0.909. The Morgan fingerprint density at radius 3 is 2.54 bits per heavy atom. The number of rotatable bonds is 7. The molecule has 0 spiro atoms. The molecule has 1 amide bonds. The number of hydrogen-bond acceptors (Lipinski definition) is 5. The molecule has 2 N–H and O–H groups in total. The van der Waals surface area contributed by atoms with Crippen molar-refractivity contribution in [3.8, 4) is 5.75 Å². The van der Waals surface area contributed by atoms with Crippen molar-refractivity contribution in [2.75, 3.05) is 12.4 Å². The summed E-state index contributed by atoms with van der Waals surface area (Å²) < 4.78 is 5.32. The van der Waals surface area contributed by atoms with Gasteiger partial charge >= 0.3 is 0 Å². The molecule has 144 valence electrons. The van der Waals surface area contributed by atoms with E-state index in [0.717, 1.165) is 22.6 Å². The van der Waals surface area contributed by atoms with Crippen molar-refractivity contribution < 1.29 is 9.53 Å². The van der Waals surface area contributed by atoms with E-state index in [-0.39, 0.29) is 11.9 Å². The zero-order chi connectivity index (χ0) is 19.9. The Hall–Kier alpha value is -3.41. The van der Waals surface area contributed by atoms with Crippen molar-refractivity contribution in [1.82, 2.24) is 15.3 Å². The van der Waals surface area contributed by atoms with Crippen LogP contribution in [0.25, 0.3) is 0 Å². The first-order chi connectivity index (χ1) is 13.6. The van der Waals surface area contributed by atoms with Crippen LogP contribution in [0.1, 0.15) is 40.3 Å². The standard InChI is InChI=1S/C22H24N4O2/c1-15-13-19(21(27)23-14-18-11-7-8-12-20(18)28-3)26-22(24-15)25-16(2)17-9-5-4-6-10-17/h4-13,16H,14H2,1-3H3,(H,23,27)(H,24,25,26). The van der Waals surface area contributed by atoms with Crippen LogP contribution in [0.3, 0.4) is 0 Å². The molecular formula is C22H24N4O2. The maximum Gasteiger partial charge on any atom is 0.270 e. The largest absolute Gasteiger partial charge is 0.496 e. The van der Waals surface area contributed by atoms with Crippen LogP contribution in [0.5, 0.6) is 5.75 Å². The number of aromatic nitrogens is 2. The molecule has 28 heavy (non-hydrogen) atoms. The molecule has 0 fully saturated rings. The molecule has 0 bridgehead atoms. The van der Waals surface area contributed by atoms with Gasteiger partial charge in [0.1, 0.15) is 11.4 Å². The predicted octanol–water partition coefficient (Wildman–Crippen LogP) is 3.90. The van der Waals surface area contributed by atoms with Gasteiger partial charge in [0.25, 0.3) is 5.91 Å². The highest BCUT2D eigenvalue weighted by Crippen LogP contribution is 2.18. The van der Waals surface area contributed by atoms with Gasteiger partial charge in [-0.15, -0.1) is 0 Å². The summed E-state index contributed by atoms with van der Waals surface area (Å²) in [7, 11) is 1.61. The third kappa shape index (κ3) is 4.85. The molecular weight excluding hydrogens is 352 g/mol. The molecule has 6 heteroatoms. The predicted molar refractivity (Wildman–Crippen MR) is 109 cm³/mol. The van der Waals surface area contributed by atoms with E-state index in [1.807, 2.05) is 68.4 Å². The maximum absolute atomic E-state index is 12.6. The zero-order valence-electron chi connectivity index (χ0n) is 16.3. The van der Waals surface area contributed by atoms with Crippen LogP contribution in [-0.4, -0.2) is 23.0 Å². The Balaban J connectivity index is 1.71. The second kappa shape index (κ2) is 8.99. The van der Waals surface area contributed by atoms with E-state index in [2.05, 4.69) is 20.6 Å². The molecule has 0 saturated carbocycles. The summed E-state index contributed by atoms with van der Waals surface area (Å²) in [6.07, 6.45) is 0. The van der Waals surface area contributed by atoms with Crippen LogP contribution < -0.4 is 15.4 Å². The quantitative estimate of drug-likeness (QED) is 0.654. The van der Waals surface area contributed by atoms with Crippen molar-refractivity contribution in [2.24, 2.45) is 0 Å². The van der Waals surface area contributed by atoms with Crippen LogP contribution in [-0.2, 0) is 6.54 Å². The van der Waals surface area contributed by atoms with Gasteiger partial charge in [-0.1, -0.05) is 48.5 Å². The fourth-order valence-corrected chi connectivity index (χ4v) is 2.88. The molecule has 0 aliphatic heterocycles. The first kappa shape index (κ1) is 19.4. The minimum absolute atomic E-state index is 0.0208. The van der Waals surface area contributed by atoms with Gasteiger partial charge in [-0.2, -0.15) is 0 Å². The number of ether oxygens (including phenoxy) is 1. The summed E-state index contributed by atoms with van der Waals surface area (Å²) in [5.41, 5.74) is 3.07. The maximum atomic E-state index is 12.6. The topological polar surface area (TPSA) is 76.1 Å². The summed E-state index contributed by atoms with van der Waals surface area (Å²) >= 11 is 0. The fourth-order valence-electron chi connectivity index (χ4n) is 2.88. The van der Waals surface area contributed by atoms with E-state index in [9.17, 15) is 4.79 Å². The van der Waals surface area contributed by atoms with Gasteiger partial charge < -0.3 is 15.4 Å². The monoisotopic (exact) mass is 376 g/mol. The van der Waals surface area contributed by atoms with Crippen molar-refractivity contribution in [3.05, 3.63) is 83.2 Å². The van der Waals surface area contributed by atoms with E-state index < -0.39 is 0 Å². The minimum Gasteiger partial charge on any atom is -0.496 e. The Morgan fingerprint density at radius 2 is 1.79 bits per heavy atom. The van der Waals surface area contributed by atoms with Gasteiger partial charge in [-0.25, -0.2) is 9.97 Å². The van der Waals surface area contributed by atoms with Crippen LogP contribution >= 0.6 is 0 Å². The van der Waals surface area contributed by atoms with Crippen molar-refractivity contribution in [2.45, 2.75) is 26.4 Å². The number of amides is 1. The van der Waals surface area contributed by atoms with E-state index in [4.69, 9.17) is 4.74 Å². The number of carbonyl (C=O) groups excluding carboxylic acids is 1. The van der Waals surface area contributed by atoms with Gasteiger partial charge in [-0.3, -0.25) is 4.79 Å². The van der Waals surface area contributed by atoms with Crippen LogP contribution in [0.15, 0.2) is 60.7 Å². The number of hydrogen-bond donors (Lipinski definition) is 2. The lowest BCUT2D eigenvalue weighted by molar-refractivity contribution is 0.0945. The Morgan fingerprint density at radius 1 is 1.07 bits per heavy atom. The molecule has 1 atom stereocenters. The third-order valence-corrected chi connectivity index (χ3v) is 4.36. The number of nitrogens with one attached hydrogen (secondary N) is 2. The highest BCUT2D eigenvalue weighted by atomic mass is 16.5. The zero-order valence-corrected chi connectivity index (χ0v) is 16.3. The fraction of sp³-hybridized carbons (Fsp3) is 0.227. The molecule has 6 nitrogen and oxygen atoms in total. The van der Waals surface area contributed by atoms with Gasteiger partial charge in [0.15, 0.2) is 0 Å². The van der Waals surface area contributed by atoms with Crippen LogP contribution in [0.4, 0.5) is 5.95 Å². The van der Waals surface area contributed by atoms with Crippen molar-refractivity contribution >= 4 is 11.9 Å². The number of para-hydroxylation sites is 1. The molecule has 1 heterocycles. The van der Waals surface area contributed by atoms with E-state index in [0.29, 0.717) is 18.2 Å². The van der Waals surface area contributed by atoms with Crippen molar-refractivity contribution in [3.63, 3.8) is 0 Å². The van der Waals surface area contributed by atoms with Gasteiger partial charge in [-0.05, 0) is 31.5 Å². The highest BCUT2D eigenvalue weighted by molar-refractivity contribution is 5.92. The Labute approximate surface area is 165 Å². The van der Waals surface area contributed by atoms with Crippen LogP contribution in [0.2, 0.25) is 0 Å². The summed E-state index contributed by atoms with van der Waals surface area (Å²) in [5, 5.41) is 6.16. The minimum atomic E-state index is -0.258. The summed E-state index contributed by atoms with van der Waals surface area (Å²) in [4.78, 5) is 21.4. The molecule has 0 radical (unpaired) electrons. The molecule has 3 aromatic rings. The van der Waals surface area contributed by atoms with Crippen molar-refractivity contribution in [1.29, 1.82) is 0 Å². The summed E-state index contributed by atoms with van der Waals surface area (Å²) in [6.45, 7) is 4.23. The van der Waals surface area contributed by atoms with Crippen LogP contribution in [0, 0.1) is 6.92 Å². The van der Waals surface area contributed by atoms with Gasteiger partial charge in [0.2, 0.25) is 5.95 Å². The van der Waals surface area contributed by atoms with Gasteiger partial charge in [0.05, 0.1) is 13.2 Å². The lowest BCUT2D eigenvalue weighted by Crippen LogP contribution is -2.25. The molecule has 2 aromatic carbocycles. The normalized spacial score (nSPS) is 11.5. The first-order valence-electron chi connectivity index (χ1n) is 9.14. The first-order valence-corrected chi connectivity index (χ1v) is 9.14. The average molecular weight is 376 g/mol. The number of benzene rings is 2. The summed E-state index contributed by atoms with van der Waals surface area (Å²) in [6, 6.07) is 19.3. The Kier molecular flexibility index (Phi) is 6.22.